The van der Waals surface area contributed by atoms with E-state index < -0.39 is 53.0 Å². The summed E-state index contributed by atoms with van der Waals surface area (Å²) in [6.07, 6.45) is -0.713. The fraction of sp³-hybridized carbons (Fsp3) is 1.00. The van der Waals surface area contributed by atoms with Crippen molar-refractivity contribution in [1.29, 1.82) is 0 Å². The number of ether oxygens (including phenoxy) is 2. The molecule has 0 aliphatic heterocycles. The first-order valence-corrected chi connectivity index (χ1v) is 17.4. The lowest BCUT2D eigenvalue weighted by molar-refractivity contribution is 0.0516. The topological polar surface area (TPSA) is 128 Å². The minimum absolute atomic E-state index is 0.0343. The second kappa shape index (κ2) is 15.4. The van der Waals surface area contributed by atoms with Crippen molar-refractivity contribution < 1.29 is 47.2 Å². The van der Waals surface area contributed by atoms with E-state index in [1.165, 1.54) is 20.7 Å². The minimum Gasteiger partial charge on any atom is -0.382 e. The molecule has 1 N–H and O–H groups in total. The number of methoxy groups -OCH3 is 1. The van der Waals surface area contributed by atoms with Gasteiger partial charge in [0.15, 0.2) is 0 Å². The summed E-state index contributed by atoms with van der Waals surface area (Å²) in [4.78, 5) is 0. The molecule has 16 heteroatoms. The molecule has 0 aromatic carbocycles. The molecule has 0 aromatic heterocycles. The fourth-order valence-corrected chi connectivity index (χ4v) is 7.89. The Kier molecular flexibility index (Phi) is 14.1. The Balaban J connectivity index is 2.52. The van der Waals surface area contributed by atoms with Gasteiger partial charge in [0.25, 0.3) is 7.52 Å². The maximum Gasteiger partial charge on any atom is 0.424 e. The van der Waals surface area contributed by atoms with Gasteiger partial charge < -0.3 is 23.0 Å². The maximum absolute atomic E-state index is 13.1. The van der Waals surface area contributed by atoms with Gasteiger partial charge in [0.1, 0.15) is 6.35 Å². The van der Waals surface area contributed by atoms with Crippen molar-refractivity contribution in [3.05, 3.63) is 0 Å². The fourth-order valence-electron chi connectivity index (χ4n) is 2.79. The molecule has 0 radical (unpaired) electrons. The highest BCUT2D eigenvalue weighted by molar-refractivity contribution is 7.81. The van der Waals surface area contributed by atoms with Gasteiger partial charge in [0, 0.05) is 31.1 Å². The van der Waals surface area contributed by atoms with Gasteiger partial charge in [-0.05, 0) is 33.6 Å². The van der Waals surface area contributed by atoms with Crippen LogP contribution in [0.25, 0.3) is 0 Å². The van der Waals surface area contributed by atoms with Crippen LogP contribution in [0.2, 0.25) is 0 Å². The summed E-state index contributed by atoms with van der Waals surface area (Å²) in [7, 11) is -3.44. The van der Waals surface area contributed by atoms with E-state index in [2.05, 4.69) is 5.09 Å². The highest BCUT2D eigenvalue weighted by Gasteiger charge is 2.32. The summed E-state index contributed by atoms with van der Waals surface area (Å²) in [5.41, 5.74) is 0. The average Bonchev–Trinajstić information content (AvgIpc) is 2.62. The van der Waals surface area contributed by atoms with Crippen LogP contribution in [-0.4, -0.2) is 70.6 Å². The Morgan fingerprint density at radius 3 is 2.18 bits per heavy atom. The van der Waals surface area contributed by atoms with Gasteiger partial charge in [0.05, 0.1) is 45.8 Å². The molecule has 1 aliphatic rings. The van der Waals surface area contributed by atoms with Crippen LogP contribution in [0.4, 0.5) is 0 Å². The normalized spacial score (nSPS) is 24.4. The Morgan fingerprint density at radius 1 is 1.03 bits per heavy atom. The molecule has 0 spiro atoms. The van der Waals surface area contributed by atoms with Crippen LogP contribution < -0.4 is 5.09 Å². The Hall–Kier alpha value is 1.09. The Labute approximate surface area is 205 Å². The van der Waals surface area contributed by atoms with Crippen molar-refractivity contribution in [2.75, 3.05) is 46.3 Å². The molecule has 0 heterocycles. The van der Waals surface area contributed by atoms with E-state index in [0.717, 1.165) is 19.3 Å². The van der Waals surface area contributed by atoms with E-state index in [-0.39, 0.29) is 25.9 Å². The first-order chi connectivity index (χ1) is 15.7. The van der Waals surface area contributed by atoms with Crippen LogP contribution in [0.5, 0.6) is 0 Å². The van der Waals surface area contributed by atoms with Crippen LogP contribution in [0.3, 0.4) is 0 Å². The van der Waals surface area contributed by atoms with Crippen LogP contribution in [-0.2, 0) is 45.8 Å². The highest BCUT2D eigenvalue weighted by atomic mass is 35.7. The van der Waals surface area contributed by atoms with Crippen molar-refractivity contribution in [2.24, 2.45) is 0 Å². The zero-order valence-electron chi connectivity index (χ0n) is 20.7. The van der Waals surface area contributed by atoms with Crippen molar-refractivity contribution in [1.82, 2.24) is 5.09 Å². The van der Waals surface area contributed by atoms with E-state index in [9.17, 15) is 13.7 Å². The number of hydrogen-bond acceptors (Lipinski definition) is 10. The summed E-state index contributed by atoms with van der Waals surface area (Å²) in [6.45, 7) is 2.17. The SMILES string of the molecule is [3H]C(P)OP(=O)(COCC(C)OP(C)(=O)NC1CCC1)OC(C)COP(=O)(Cl)OC(C)COC. The number of rotatable bonds is 19. The molecule has 1 fully saturated rings. The smallest absolute Gasteiger partial charge is 0.382 e. The van der Waals surface area contributed by atoms with E-state index in [1.54, 1.807) is 13.8 Å². The zero-order chi connectivity index (χ0) is 26.0. The van der Waals surface area contributed by atoms with Crippen LogP contribution in [0, 0.1) is 0 Å². The molecule has 1 saturated carbocycles. The molecular formula is C17H38ClNO10P4. The van der Waals surface area contributed by atoms with E-state index in [4.69, 9.17) is 44.7 Å². The van der Waals surface area contributed by atoms with Crippen LogP contribution in [0.15, 0.2) is 0 Å². The third-order valence-electron chi connectivity index (χ3n) is 4.24. The third-order valence-corrected chi connectivity index (χ3v) is 9.42. The quantitative estimate of drug-likeness (QED) is 0.204. The van der Waals surface area contributed by atoms with Crippen molar-refractivity contribution in [2.45, 2.75) is 64.4 Å². The van der Waals surface area contributed by atoms with Crippen molar-refractivity contribution >= 4 is 42.5 Å². The lowest BCUT2D eigenvalue weighted by Crippen LogP contribution is -2.34. The molecular weight excluding hydrogens is 538 g/mol. The maximum atomic E-state index is 13.1. The second-order valence-electron chi connectivity index (χ2n) is 7.88. The molecule has 8 atom stereocenters. The van der Waals surface area contributed by atoms with E-state index in [0.29, 0.717) is 0 Å². The van der Waals surface area contributed by atoms with E-state index >= 15 is 0 Å². The molecule has 0 bridgehead atoms. The monoisotopic (exact) mass is 577 g/mol. The number of nitrogens with one attached hydrogen (secondary N) is 1. The number of hydrogen-bond donors (Lipinski definition) is 1. The predicted molar refractivity (Wildman–Crippen MR) is 131 cm³/mol. The van der Waals surface area contributed by atoms with Gasteiger partial charge in [-0.25, -0.2) is 9.65 Å². The first-order valence-electron chi connectivity index (χ1n) is 11.1. The number of halogens is 1. The van der Waals surface area contributed by atoms with E-state index in [1.807, 2.05) is 9.24 Å². The molecule has 8 unspecified atom stereocenters. The summed E-state index contributed by atoms with van der Waals surface area (Å²) in [6, 6.07) is 0.197. The summed E-state index contributed by atoms with van der Waals surface area (Å²) < 4.78 is 82.0. The Morgan fingerprint density at radius 2 is 1.64 bits per heavy atom. The molecule has 198 valence electrons. The molecule has 0 aromatic rings. The third kappa shape index (κ3) is 14.4. The summed E-state index contributed by atoms with van der Waals surface area (Å²) in [5, 5.41) is 3.01. The average molecular weight is 578 g/mol. The second-order valence-corrected chi connectivity index (χ2v) is 14.8. The molecule has 1 rings (SSSR count). The molecule has 1 aliphatic carbocycles. The van der Waals surface area contributed by atoms with Gasteiger partial charge in [-0.1, -0.05) is 6.42 Å². The molecule has 0 saturated heterocycles. The summed E-state index contributed by atoms with van der Waals surface area (Å²) in [5.74, 6) is 0. The van der Waals surface area contributed by atoms with Crippen molar-refractivity contribution in [3.63, 3.8) is 0 Å². The lowest BCUT2D eigenvalue weighted by atomic mass is 9.94. The van der Waals surface area contributed by atoms with Crippen LogP contribution in [0.1, 0.15) is 41.4 Å². The van der Waals surface area contributed by atoms with Gasteiger partial charge >= 0.3 is 14.5 Å². The minimum atomic E-state index is -3.93. The first kappa shape index (κ1) is 30.3. The molecule has 0 amide bonds. The lowest BCUT2D eigenvalue weighted by Gasteiger charge is -2.30. The predicted octanol–water partition coefficient (Wildman–Crippen LogP) is 5.19. The molecule has 33 heavy (non-hydrogen) atoms. The van der Waals surface area contributed by atoms with Gasteiger partial charge in [-0.3, -0.25) is 18.2 Å². The van der Waals surface area contributed by atoms with Gasteiger partial charge in [0.2, 0.25) is 0 Å². The Bertz CT molecular complexity index is 747. The van der Waals surface area contributed by atoms with Crippen molar-refractivity contribution in [3.8, 4) is 0 Å². The molecule has 11 nitrogen and oxygen atoms in total. The summed E-state index contributed by atoms with van der Waals surface area (Å²) >= 11 is 5.78. The highest BCUT2D eigenvalue weighted by Crippen LogP contribution is 2.55. The van der Waals surface area contributed by atoms with Gasteiger partial charge in [-0.2, -0.15) is 0 Å². The zero-order valence-corrected chi connectivity index (χ0v) is 24.3. The van der Waals surface area contributed by atoms with Crippen LogP contribution >= 0.6 is 42.5 Å². The largest absolute Gasteiger partial charge is 0.424 e. The van der Waals surface area contributed by atoms with Gasteiger partial charge in [-0.15, -0.1) is 9.24 Å². The standard InChI is InChI=1S/C17H38ClNO10P4/c1-14(9-23-4)29-33(18,22)25-11-16(3)28-32(21,26-12-30)13-24-10-15(2)27-31(5,20)19-17-7-6-8-17/h14-17H,6-13,30H2,1-5H3,(H,19,20)/i12T.